The summed E-state index contributed by atoms with van der Waals surface area (Å²) in [7, 11) is 0. The third kappa shape index (κ3) is 3.59. The molecule has 1 aromatic heterocycles. The molecule has 2 aromatic rings. The summed E-state index contributed by atoms with van der Waals surface area (Å²) in [5.41, 5.74) is -0.513. The number of nitrogens with one attached hydrogen (secondary N) is 1. The van der Waals surface area contributed by atoms with Crippen molar-refractivity contribution < 1.29 is 18.7 Å². The SMILES string of the molecule is CCC(C)(C)NC(=O)c1c(C)cc(C2COc3ccccc3O2)oc1=O. The number of hydrogen-bond donors (Lipinski definition) is 1. The standard InChI is InChI=1S/C20H23NO5/c1-5-20(3,4)21-18(22)17-12(2)10-15(26-19(17)23)16-11-24-13-8-6-7-9-14(13)25-16/h6-10,16H,5,11H2,1-4H3,(H,21,22). The molecule has 1 N–H and O–H groups in total. The minimum atomic E-state index is -0.674. The first-order valence-electron chi connectivity index (χ1n) is 8.66. The quantitative estimate of drug-likeness (QED) is 0.908. The first-order chi connectivity index (χ1) is 12.3. The summed E-state index contributed by atoms with van der Waals surface area (Å²) in [6.07, 6.45) is 0.203. The van der Waals surface area contributed by atoms with Gasteiger partial charge in [0.15, 0.2) is 23.4 Å². The number of rotatable bonds is 4. The van der Waals surface area contributed by atoms with E-state index in [0.717, 1.165) is 6.42 Å². The van der Waals surface area contributed by atoms with Gasteiger partial charge in [-0.2, -0.15) is 0 Å². The van der Waals surface area contributed by atoms with Crippen molar-refractivity contribution in [3.63, 3.8) is 0 Å². The molecule has 0 fully saturated rings. The normalized spacial score (nSPS) is 16.2. The van der Waals surface area contributed by atoms with E-state index in [9.17, 15) is 9.59 Å². The van der Waals surface area contributed by atoms with Gasteiger partial charge in [0.1, 0.15) is 12.2 Å². The van der Waals surface area contributed by atoms with E-state index in [0.29, 0.717) is 22.8 Å². The van der Waals surface area contributed by atoms with Crippen LogP contribution in [-0.4, -0.2) is 18.1 Å². The molecular weight excluding hydrogens is 334 g/mol. The van der Waals surface area contributed by atoms with Crippen LogP contribution in [0, 0.1) is 6.92 Å². The topological polar surface area (TPSA) is 77.8 Å². The Hall–Kier alpha value is -2.76. The molecular formula is C20H23NO5. The van der Waals surface area contributed by atoms with Gasteiger partial charge in [0, 0.05) is 5.54 Å². The van der Waals surface area contributed by atoms with Crippen molar-refractivity contribution in [3.8, 4) is 11.5 Å². The van der Waals surface area contributed by atoms with E-state index in [1.54, 1.807) is 19.1 Å². The highest BCUT2D eigenvalue weighted by molar-refractivity contribution is 5.95. The van der Waals surface area contributed by atoms with Gasteiger partial charge in [0.25, 0.3) is 5.91 Å². The molecule has 0 bridgehead atoms. The minimum absolute atomic E-state index is 0.0207. The molecule has 1 amide bonds. The molecule has 0 saturated heterocycles. The van der Waals surface area contributed by atoms with E-state index in [-0.39, 0.29) is 12.2 Å². The van der Waals surface area contributed by atoms with Crippen LogP contribution in [0.1, 0.15) is 55.0 Å². The first-order valence-corrected chi connectivity index (χ1v) is 8.66. The van der Waals surface area contributed by atoms with Crippen molar-refractivity contribution in [3.05, 3.63) is 57.6 Å². The molecule has 0 spiro atoms. The van der Waals surface area contributed by atoms with Crippen LogP contribution in [0.15, 0.2) is 39.5 Å². The number of amides is 1. The maximum Gasteiger partial charge on any atom is 0.349 e. The maximum atomic E-state index is 12.5. The molecule has 1 aliphatic rings. The maximum absolute atomic E-state index is 12.5. The van der Waals surface area contributed by atoms with E-state index < -0.39 is 23.2 Å². The number of hydrogen-bond acceptors (Lipinski definition) is 5. The lowest BCUT2D eigenvalue weighted by Gasteiger charge is -2.26. The molecule has 26 heavy (non-hydrogen) atoms. The van der Waals surface area contributed by atoms with Crippen LogP contribution in [0.5, 0.6) is 11.5 Å². The largest absolute Gasteiger partial charge is 0.485 e. The lowest BCUT2D eigenvalue weighted by Crippen LogP contribution is -2.44. The summed E-state index contributed by atoms with van der Waals surface area (Å²) in [6, 6.07) is 8.97. The van der Waals surface area contributed by atoms with Crippen molar-refractivity contribution in [1.29, 1.82) is 0 Å². The predicted molar refractivity (Wildman–Crippen MR) is 96.9 cm³/mol. The fraction of sp³-hybridized carbons (Fsp3) is 0.400. The molecule has 1 unspecified atom stereocenters. The van der Waals surface area contributed by atoms with Crippen molar-refractivity contribution in [2.24, 2.45) is 0 Å². The van der Waals surface area contributed by atoms with Crippen LogP contribution in [0.4, 0.5) is 0 Å². The summed E-state index contributed by atoms with van der Waals surface area (Å²) in [6.45, 7) is 7.72. The molecule has 1 aliphatic heterocycles. The van der Waals surface area contributed by atoms with Gasteiger partial charge in [-0.15, -0.1) is 0 Å². The Kier molecular flexibility index (Phi) is 4.76. The fourth-order valence-electron chi connectivity index (χ4n) is 2.68. The van der Waals surface area contributed by atoms with E-state index in [1.165, 1.54) is 0 Å². The molecule has 1 atom stereocenters. The number of carbonyl (C=O) groups is 1. The number of carbonyl (C=O) groups excluding carboxylic acids is 1. The summed E-state index contributed by atoms with van der Waals surface area (Å²) in [5.74, 6) is 1.16. The third-order valence-electron chi connectivity index (χ3n) is 4.56. The van der Waals surface area contributed by atoms with Gasteiger partial charge in [0.2, 0.25) is 0 Å². The third-order valence-corrected chi connectivity index (χ3v) is 4.56. The van der Waals surface area contributed by atoms with Crippen LogP contribution >= 0.6 is 0 Å². The Bertz CT molecular complexity index is 884. The smallest absolute Gasteiger partial charge is 0.349 e. The summed E-state index contributed by atoms with van der Waals surface area (Å²) in [4.78, 5) is 24.9. The second kappa shape index (κ2) is 6.86. The summed E-state index contributed by atoms with van der Waals surface area (Å²) in [5, 5.41) is 2.86. The molecule has 6 heteroatoms. The van der Waals surface area contributed by atoms with Gasteiger partial charge in [-0.05, 0) is 51.0 Å². The van der Waals surface area contributed by atoms with Gasteiger partial charge < -0.3 is 19.2 Å². The Morgan fingerprint density at radius 2 is 1.96 bits per heavy atom. The van der Waals surface area contributed by atoms with Gasteiger partial charge >= 0.3 is 5.63 Å². The number of benzene rings is 1. The lowest BCUT2D eigenvalue weighted by atomic mass is 10.0. The van der Waals surface area contributed by atoms with Crippen LogP contribution in [-0.2, 0) is 0 Å². The molecule has 0 radical (unpaired) electrons. The second-order valence-corrected chi connectivity index (χ2v) is 7.05. The molecule has 0 aliphatic carbocycles. The number of fused-ring (bicyclic) bond motifs is 1. The lowest BCUT2D eigenvalue weighted by molar-refractivity contribution is 0.0720. The number of aryl methyl sites for hydroxylation is 1. The van der Waals surface area contributed by atoms with Crippen molar-refractivity contribution >= 4 is 5.91 Å². The van der Waals surface area contributed by atoms with Gasteiger partial charge in [0.05, 0.1) is 0 Å². The predicted octanol–water partition coefficient (Wildman–Crippen LogP) is 3.38. The summed E-state index contributed by atoms with van der Waals surface area (Å²) < 4.78 is 16.9. The molecule has 3 rings (SSSR count). The Morgan fingerprint density at radius 1 is 1.27 bits per heavy atom. The van der Waals surface area contributed by atoms with E-state index >= 15 is 0 Å². The molecule has 138 valence electrons. The van der Waals surface area contributed by atoms with Crippen LogP contribution in [0.25, 0.3) is 0 Å². The number of para-hydroxylation sites is 2. The van der Waals surface area contributed by atoms with Crippen molar-refractivity contribution in [1.82, 2.24) is 5.32 Å². The van der Waals surface area contributed by atoms with Gasteiger partial charge in [-0.3, -0.25) is 4.79 Å². The zero-order valence-corrected chi connectivity index (χ0v) is 15.4. The first kappa shape index (κ1) is 18.0. The monoisotopic (exact) mass is 357 g/mol. The van der Waals surface area contributed by atoms with Gasteiger partial charge in [-0.25, -0.2) is 4.79 Å². The fourth-order valence-corrected chi connectivity index (χ4v) is 2.68. The zero-order valence-electron chi connectivity index (χ0n) is 15.4. The highest BCUT2D eigenvalue weighted by Gasteiger charge is 2.28. The second-order valence-electron chi connectivity index (χ2n) is 7.05. The zero-order chi connectivity index (χ0) is 18.9. The van der Waals surface area contributed by atoms with E-state index in [1.807, 2.05) is 39.0 Å². The van der Waals surface area contributed by atoms with E-state index in [2.05, 4.69) is 5.32 Å². The Balaban J connectivity index is 1.87. The average Bonchev–Trinajstić information content (AvgIpc) is 2.60. The number of ether oxygens (including phenoxy) is 2. The molecule has 2 heterocycles. The average molecular weight is 357 g/mol. The molecule has 0 saturated carbocycles. The van der Waals surface area contributed by atoms with Crippen LogP contribution in [0.2, 0.25) is 0 Å². The summed E-state index contributed by atoms with van der Waals surface area (Å²) >= 11 is 0. The molecule has 6 nitrogen and oxygen atoms in total. The van der Waals surface area contributed by atoms with Crippen molar-refractivity contribution in [2.75, 3.05) is 6.61 Å². The van der Waals surface area contributed by atoms with E-state index in [4.69, 9.17) is 13.9 Å². The minimum Gasteiger partial charge on any atom is -0.485 e. The highest BCUT2D eigenvalue weighted by atomic mass is 16.6. The van der Waals surface area contributed by atoms with Gasteiger partial charge in [-0.1, -0.05) is 19.1 Å². The van der Waals surface area contributed by atoms with Crippen LogP contribution < -0.4 is 20.4 Å². The molecule has 1 aromatic carbocycles. The Labute approximate surface area is 152 Å². The van der Waals surface area contributed by atoms with Crippen LogP contribution in [0.3, 0.4) is 0 Å². The van der Waals surface area contributed by atoms with Crippen molar-refractivity contribution in [2.45, 2.75) is 45.8 Å². The Morgan fingerprint density at radius 3 is 2.62 bits per heavy atom. The highest BCUT2D eigenvalue weighted by Crippen LogP contribution is 2.35.